The predicted octanol–water partition coefficient (Wildman–Crippen LogP) is 6.43. The average molecular weight is 527 g/mol. The normalized spacial score (nSPS) is 11.8. The number of nitro groups is 1. The summed E-state index contributed by atoms with van der Waals surface area (Å²) in [5, 5.41) is 22.5. The van der Waals surface area contributed by atoms with Crippen molar-refractivity contribution in [3.8, 4) is 17.2 Å². The first-order valence-electron chi connectivity index (χ1n) is 12.1. The van der Waals surface area contributed by atoms with Gasteiger partial charge >= 0.3 is 0 Å². The van der Waals surface area contributed by atoms with Gasteiger partial charge in [0.25, 0.3) is 0 Å². The van der Waals surface area contributed by atoms with Crippen molar-refractivity contribution in [2.24, 2.45) is 0 Å². The number of aromatic nitrogens is 3. The molecule has 38 heavy (non-hydrogen) atoms. The zero-order valence-electron chi connectivity index (χ0n) is 21.0. The number of fused-ring (bicyclic) bond motifs is 1. The molecule has 1 heterocycles. The first-order chi connectivity index (χ1) is 18.5. The van der Waals surface area contributed by atoms with E-state index in [9.17, 15) is 10.1 Å². The predicted molar refractivity (Wildman–Crippen MR) is 148 cm³/mol. The van der Waals surface area contributed by atoms with Crippen LogP contribution in [-0.4, -0.2) is 33.3 Å². The Kier molecular flexibility index (Phi) is 7.55. The summed E-state index contributed by atoms with van der Waals surface area (Å²) in [4.78, 5) is 11.2. The van der Waals surface area contributed by atoms with Crippen molar-refractivity contribution < 1.29 is 14.4 Å². The van der Waals surface area contributed by atoms with Gasteiger partial charge in [-0.3, -0.25) is 14.7 Å². The van der Waals surface area contributed by atoms with Crippen molar-refractivity contribution in [3.05, 3.63) is 118 Å². The molecule has 1 aromatic heterocycles. The first kappa shape index (κ1) is 25.3. The van der Waals surface area contributed by atoms with Crippen molar-refractivity contribution >= 4 is 22.5 Å². The minimum Gasteiger partial charge on any atom is -0.497 e. The fourth-order valence-corrected chi connectivity index (χ4v) is 5.45. The highest BCUT2D eigenvalue weighted by Crippen LogP contribution is 2.37. The van der Waals surface area contributed by atoms with E-state index in [1.165, 1.54) is 17.1 Å². The fourth-order valence-electron chi connectivity index (χ4n) is 4.28. The van der Waals surface area contributed by atoms with Gasteiger partial charge in [-0.2, -0.15) is 0 Å². The summed E-state index contributed by atoms with van der Waals surface area (Å²) in [6.07, 6.45) is 0. The summed E-state index contributed by atoms with van der Waals surface area (Å²) < 4.78 is 13.2. The van der Waals surface area contributed by atoms with Crippen LogP contribution in [0.5, 0.6) is 11.5 Å². The minimum absolute atomic E-state index is 0.255. The minimum atomic E-state index is -0.460. The van der Waals surface area contributed by atoms with Crippen LogP contribution in [0.4, 0.5) is 0 Å². The van der Waals surface area contributed by atoms with Crippen LogP contribution >= 0.6 is 11.8 Å². The summed E-state index contributed by atoms with van der Waals surface area (Å²) in [5.41, 5.74) is 2.76. The third kappa shape index (κ3) is 5.63. The SMILES string of the molecule is COc1ccc(-n2c(C)nnc2S[C@@H](C[N+](=O)[O-])c2ccc(OCc3cccc4ccccc34)cc2)cc1. The lowest BCUT2D eigenvalue weighted by molar-refractivity contribution is -0.479. The molecule has 1 atom stereocenters. The maximum absolute atomic E-state index is 11.5. The van der Waals surface area contributed by atoms with Gasteiger partial charge in [-0.05, 0) is 65.2 Å². The highest BCUT2D eigenvalue weighted by atomic mass is 32.2. The van der Waals surface area contributed by atoms with Gasteiger partial charge in [0.05, 0.1) is 7.11 Å². The zero-order chi connectivity index (χ0) is 26.5. The maximum atomic E-state index is 11.5. The Hall–Kier alpha value is -4.37. The molecule has 0 saturated carbocycles. The van der Waals surface area contributed by atoms with Gasteiger partial charge in [-0.25, -0.2) is 0 Å². The van der Waals surface area contributed by atoms with Gasteiger partial charge in [0.1, 0.15) is 29.2 Å². The average Bonchev–Trinajstić information content (AvgIpc) is 3.31. The summed E-state index contributed by atoms with van der Waals surface area (Å²) in [6.45, 7) is 2.03. The largest absolute Gasteiger partial charge is 0.497 e. The second-order valence-corrected chi connectivity index (χ2v) is 9.85. The first-order valence-corrected chi connectivity index (χ1v) is 12.9. The number of methoxy groups -OCH3 is 1. The van der Waals surface area contributed by atoms with Crippen molar-refractivity contribution in [3.63, 3.8) is 0 Å². The van der Waals surface area contributed by atoms with E-state index in [0.717, 1.165) is 28.0 Å². The molecule has 0 spiro atoms. The lowest BCUT2D eigenvalue weighted by atomic mass is 10.1. The summed E-state index contributed by atoms with van der Waals surface area (Å²) in [5.74, 6) is 2.13. The molecule has 0 aliphatic carbocycles. The van der Waals surface area contributed by atoms with E-state index in [1.54, 1.807) is 7.11 Å². The summed E-state index contributed by atoms with van der Waals surface area (Å²) in [7, 11) is 1.61. The van der Waals surface area contributed by atoms with Crippen molar-refractivity contribution in [2.45, 2.75) is 23.9 Å². The molecule has 0 aliphatic heterocycles. The fraction of sp³-hybridized carbons (Fsp3) is 0.172. The second kappa shape index (κ2) is 11.4. The van der Waals surface area contributed by atoms with Crippen LogP contribution in [0.1, 0.15) is 22.2 Å². The molecule has 0 fully saturated rings. The van der Waals surface area contributed by atoms with Crippen LogP contribution in [0, 0.1) is 17.0 Å². The molecule has 0 bridgehead atoms. The Morgan fingerprint density at radius 2 is 1.63 bits per heavy atom. The molecule has 0 aliphatic rings. The van der Waals surface area contributed by atoms with E-state index in [4.69, 9.17) is 9.47 Å². The van der Waals surface area contributed by atoms with Gasteiger partial charge in [0.15, 0.2) is 5.16 Å². The Morgan fingerprint density at radius 3 is 2.37 bits per heavy atom. The molecule has 9 heteroatoms. The molecular formula is C29H26N4O4S. The summed E-state index contributed by atoms with van der Waals surface area (Å²) in [6, 6.07) is 29.4. The number of benzene rings is 4. The molecule has 0 saturated heterocycles. The second-order valence-electron chi connectivity index (χ2n) is 8.68. The van der Waals surface area contributed by atoms with E-state index in [1.807, 2.05) is 78.2 Å². The van der Waals surface area contributed by atoms with Gasteiger partial charge in [0.2, 0.25) is 6.54 Å². The number of rotatable bonds is 10. The molecular weight excluding hydrogens is 500 g/mol. The summed E-state index contributed by atoms with van der Waals surface area (Å²) >= 11 is 1.32. The lowest BCUT2D eigenvalue weighted by Gasteiger charge is -2.15. The smallest absolute Gasteiger partial charge is 0.220 e. The Labute approximate surface area is 224 Å². The molecule has 5 aromatic rings. The third-order valence-corrected chi connectivity index (χ3v) is 7.40. The number of hydrogen-bond acceptors (Lipinski definition) is 7. The Morgan fingerprint density at radius 1 is 0.921 bits per heavy atom. The van der Waals surface area contributed by atoms with Gasteiger partial charge in [-0.1, -0.05) is 66.4 Å². The Balaban J connectivity index is 1.34. The number of aryl methyl sites for hydroxylation is 1. The molecule has 192 valence electrons. The van der Waals surface area contributed by atoms with Gasteiger partial charge in [0, 0.05) is 10.6 Å². The Bertz CT molecular complexity index is 1550. The van der Waals surface area contributed by atoms with E-state index in [0.29, 0.717) is 23.3 Å². The van der Waals surface area contributed by atoms with Crippen LogP contribution in [0.15, 0.2) is 96.2 Å². The topological polar surface area (TPSA) is 92.3 Å². The molecule has 0 radical (unpaired) electrons. The standard InChI is InChI=1S/C29H26N4O4S/c1-20-30-31-29(33(20)24-12-16-25(36-2)17-13-24)38-28(18-32(34)35)22-10-14-26(15-11-22)37-19-23-8-5-7-21-6-3-4-9-27(21)23/h3-17,28H,18-19H2,1-2H3/t28-/m0/s1. The lowest BCUT2D eigenvalue weighted by Crippen LogP contribution is -2.11. The maximum Gasteiger partial charge on any atom is 0.220 e. The van der Waals surface area contributed by atoms with Gasteiger partial charge in [-0.15, -0.1) is 10.2 Å². The zero-order valence-corrected chi connectivity index (χ0v) is 21.8. The van der Waals surface area contributed by atoms with Crippen molar-refractivity contribution in [1.29, 1.82) is 0 Å². The highest BCUT2D eigenvalue weighted by molar-refractivity contribution is 7.99. The third-order valence-electron chi connectivity index (χ3n) is 6.21. The number of hydrogen-bond donors (Lipinski definition) is 0. The molecule has 5 rings (SSSR count). The van der Waals surface area contributed by atoms with Gasteiger partial charge < -0.3 is 9.47 Å². The van der Waals surface area contributed by atoms with Crippen LogP contribution in [0.25, 0.3) is 16.5 Å². The van der Waals surface area contributed by atoms with E-state index in [2.05, 4.69) is 34.5 Å². The quantitative estimate of drug-likeness (QED) is 0.118. The molecule has 0 N–H and O–H groups in total. The number of ether oxygens (including phenoxy) is 2. The molecule has 8 nitrogen and oxygen atoms in total. The number of nitrogens with zero attached hydrogens (tertiary/aromatic N) is 4. The van der Waals surface area contributed by atoms with Crippen molar-refractivity contribution in [1.82, 2.24) is 14.8 Å². The molecule has 0 unspecified atom stereocenters. The van der Waals surface area contributed by atoms with E-state index < -0.39 is 5.25 Å². The van der Waals surface area contributed by atoms with Crippen LogP contribution in [-0.2, 0) is 6.61 Å². The van der Waals surface area contributed by atoms with Crippen LogP contribution in [0.2, 0.25) is 0 Å². The van der Waals surface area contributed by atoms with Crippen LogP contribution in [0.3, 0.4) is 0 Å². The molecule has 0 amide bonds. The number of thioether (sulfide) groups is 1. The monoisotopic (exact) mass is 526 g/mol. The molecule has 4 aromatic carbocycles. The van der Waals surface area contributed by atoms with Crippen molar-refractivity contribution in [2.75, 3.05) is 13.7 Å². The highest BCUT2D eigenvalue weighted by Gasteiger charge is 2.24. The van der Waals surface area contributed by atoms with Crippen LogP contribution < -0.4 is 9.47 Å². The van der Waals surface area contributed by atoms with E-state index in [-0.39, 0.29) is 11.5 Å². The van der Waals surface area contributed by atoms with E-state index >= 15 is 0 Å².